The molecule has 0 amide bonds. The third-order valence-corrected chi connectivity index (χ3v) is 4.98. The molecule has 0 fully saturated rings. The Morgan fingerprint density at radius 3 is 2.40 bits per heavy atom. The molecule has 1 aromatic heterocycles. The van der Waals surface area contributed by atoms with Gasteiger partial charge in [0.2, 0.25) is 0 Å². The molecule has 0 saturated carbocycles. The number of hydrogen-bond acceptors (Lipinski definition) is 3. The highest BCUT2D eigenvalue weighted by Crippen LogP contribution is 2.29. The van der Waals surface area contributed by atoms with Crippen LogP contribution in [-0.4, -0.2) is 17.3 Å². The van der Waals surface area contributed by atoms with Gasteiger partial charge in [0, 0.05) is 24.2 Å². The van der Waals surface area contributed by atoms with E-state index in [1.54, 1.807) is 13.3 Å². The summed E-state index contributed by atoms with van der Waals surface area (Å²) in [4.78, 5) is 0. The Balaban J connectivity index is 1.45. The number of H-pyrrole nitrogens is 1. The van der Waals surface area contributed by atoms with Gasteiger partial charge in [-0.25, -0.2) is 0 Å². The van der Waals surface area contributed by atoms with Crippen LogP contribution in [-0.2, 0) is 19.3 Å². The number of nitrogens with zero attached hydrogens (tertiary/aromatic N) is 1. The maximum absolute atomic E-state index is 12.7. The molecule has 3 aromatic carbocycles. The number of alkyl halides is 3. The van der Waals surface area contributed by atoms with Gasteiger partial charge in [-0.3, -0.25) is 5.10 Å². The largest absolute Gasteiger partial charge is 0.497 e. The Morgan fingerprint density at radius 2 is 1.67 bits per heavy atom. The lowest BCUT2D eigenvalue weighted by molar-refractivity contribution is -0.137. The van der Waals surface area contributed by atoms with Gasteiger partial charge in [0.1, 0.15) is 5.75 Å². The summed E-state index contributed by atoms with van der Waals surface area (Å²) < 4.78 is 43.3. The van der Waals surface area contributed by atoms with Crippen molar-refractivity contribution < 1.29 is 17.9 Å². The lowest BCUT2D eigenvalue weighted by Gasteiger charge is -2.09. The number of halogens is 3. The van der Waals surface area contributed by atoms with E-state index in [1.807, 2.05) is 30.3 Å². The van der Waals surface area contributed by atoms with Crippen molar-refractivity contribution in [2.45, 2.75) is 19.3 Å². The second-order valence-electron chi connectivity index (χ2n) is 7.00. The van der Waals surface area contributed by atoms with Crippen molar-refractivity contribution >= 4 is 10.8 Å². The second kappa shape index (κ2) is 8.20. The van der Waals surface area contributed by atoms with Gasteiger partial charge < -0.3 is 10.1 Å². The van der Waals surface area contributed by atoms with Gasteiger partial charge in [0.25, 0.3) is 0 Å². The summed E-state index contributed by atoms with van der Waals surface area (Å²) in [5.74, 6) is 0.810. The van der Waals surface area contributed by atoms with Crippen molar-refractivity contribution in [3.05, 3.63) is 83.6 Å². The Bertz CT molecular complexity index is 1150. The van der Waals surface area contributed by atoms with E-state index >= 15 is 0 Å². The van der Waals surface area contributed by atoms with Crippen molar-refractivity contribution in [3.8, 4) is 17.0 Å². The zero-order valence-corrected chi connectivity index (χ0v) is 16.3. The first-order valence-corrected chi connectivity index (χ1v) is 9.41. The molecule has 2 N–H and O–H groups in total. The topological polar surface area (TPSA) is 49.9 Å². The maximum atomic E-state index is 12.7. The zero-order chi connectivity index (χ0) is 21.1. The molecule has 4 rings (SSSR count). The predicted octanol–water partition coefficient (Wildman–Crippen LogP) is 5.55. The van der Waals surface area contributed by atoms with Crippen molar-refractivity contribution in [1.29, 1.82) is 0 Å². The summed E-state index contributed by atoms with van der Waals surface area (Å²) in [6, 6.07) is 17.2. The van der Waals surface area contributed by atoms with Crippen LogP contribution < -0.4 is 10.1 Å². The Kier molecular flexibility index (Phi) is 5.46. The van der Waals surface area contributed by atoms with Crippen LogP contribution in [0.3, 0.4) is 0 Å². The fraction of sp³-hybridized carbons (Fsp3) is 0.174. The van der Waals surface area contributed by atoms with Crippen LogP contribution in [0.15, 0.2) is 66.9 Å². The number of benzene rings is 3. The molecule has 0 unspecified atom stereocenters. The molecule has 0 aliphatic heterocycles. The molecule has 30 heavy (non-hydrogen) atoms. The van der Waals surface area contributed by atoms with Crippen LogP contribution in [0, 0.1) is 0 Å². The van der Waals surface area contributed by atoms with Crippen LogP contribution in [0.25, 0.3) is 22.0 Å². The van der Waals surface area contributed by atoms with Crippen LogP contribution in [0.4, 0.5) is 13.2 Å². The number of aromatic amines is 1. The van der Waals surface area contributed by atoms with E-state index in [2.05, 4.69) is 21.6 Å². The zero-order valence-electron chi connectivity index (χ0n) is 16.3. The van der Waals surface area contributed by atoms with Gasteiger partial charge in [-0.15, -0.1) is 0 Å². The highest BCUT2D eigenvalue weighted by Gasteiger charge is 2.29. The van der Waals surface area contributed by atoms with Gasteiger partial charge >= 0.3 is 6.18 Å². The first-order valence-electron chi connectivity index (χ1n) is 9.41. The quantitative estimate of drug-likeness (QED) is 0.438. The molecule has 0 radical (unpaired) electrons. The first kappa shape index (κ1) is 20.0. The SMILES string of the molecule is COc1ccc2cc(-c3[nH]ncc3CNCc3ccc(C(F)(F)F)cc3)ccc2c1. The average molecular weight is 411 g/mol. The van der Waals surface area contributed by atoms with Crippen molar-refractivity contribution in [1.82, 2.24) is 15.5 Å². The molecule has 4 aromatic rings. The fourth-order valence-electron chi connectivity index (χ4n) is 3.35. The van der Waals surface area contributed by atoms with E-state index in [0.717, 1.165) is 51.0 Å². The summed E-state index contributed by atoms with van der Waals surface area (Å²) >= 11 is 0. The molecular formula is C23H20F3N3O. The highest BCUT2D eigenvalue weighted by atomic mass is 19.4. The minimum absolute atomic E-state index is 0.459. The van der Waals surface area contributed by atoms with E-state index in [-0.39, 0.29) is 0 Å². The molecule has 0 saturated heterocycles. The number of aromatic nitrogens is 2. The van der Waals surface area contributed by atoms with Gasteiger partial charge in [-0.2, -0.15) is 18.3 Å². The molecule has 0 spiro atoms. The lowest BCUT2D eigenvalue weighted by atomic mass is 10.0. The standard InChI is InChI=1S/C23H20F3N3O/c1-30-21-9-6-16-10-18(5-4-17(16)11-21)22-19(14-28-29-22)13-27-12-15-2-7-20(8-3-15)23(24,25)26/h2-11,14,27H,12-13H2,1H3,(H,28,29). The van der Waals surface area contributed by atoms with Crippen LogP contribution in [0.2, 0.25) is 0 Å². The molecule has 0 aliphatic carbocycles. The summed E-state index contributed by atoms with van der Waals surface area (Å²) in [5.41, 5.74) is 3.05. The van der Waals surface area contributed by atoms with Gasteiger partial charge in [-0.1, -0.05) is 30.3 Å². The minimum atomic E-state index is -4.32. The number of ether oxygens (including phenoxy) is 1. The molecular weight excluding hydrogens is 391 g/mol. The second-order valence-corrected chi connectivity index (χ2v) is 7.00. The Morgan fingerprint density at radius 1 is 0.933 bits per heavy atom. The summed E-state index contributed by atoms with van der Waals surface area (Å²) in [5, 5.41) is 12.6. The molecule has 0 bridgehead atoms. The summed E-state index contributed by atoms with van der Waals surface area (Å²) in [7, 11) is 1.64. The van der Waals surface area contributed by atoms with Crippen LogP contribution >= 0.6 is 0 Å². The summed E-state index contributed by atoms with van der Waals surface area (Å²) in [6.07, 6.45) is -2.56. The summed E-state index contributed by atoms with van der Waals surface area (Å²) in [6.45, 7) is 0.994. The molecule has 7 heteroatoms. The van der Waals surface area contributed by atoms with E-state index < -0.39 is 11.7 Å². The fourth-order valence-corrected chi connectivity index (χ4v) is 3.35. The Hall–Kier alpha value is -3.32. The highest BCUT2D eigenvalue weighted by molar-refractivity contribution is 5.88. The number of nitrogens with one attached hydrogen (secondary N) is 2. The van der Waals surface area contributed by atoms with E-state index in [4.69, 9.17) is 4.74 Å². The van der Waals surface area contributed by atoms with E-state index in [0.29, 0.717) is 13.1 Å². The van der Waals surface area contributed by atoms with Gasteiger partial charge in [-0.05, 0) is 46.7 Å². The van der Waals surface area contributed by atoms with E-state index in [1.165, 1.54) is 12.1 Å². The third kappa shape index (κ3) is 4.31. The average Bonchev–Trinajstić information content (AvgIpc) is 3.21. The van der Waals surface area contributed by atoms with Crippen molar-refractivity contribution in [3.63, 3.8) is 0 Å². The first-order chi connectivity index (χ1) is 14.4. The number of methoxy groups -OCH3 is 1. The maximum Gasteiger partial charge on any atom is 0.416 e. The number of rotatable bonds is 6. The third-order valence-electron chi connectivity index (χ3n) is 4.98. The monoisotopic (exact) mass is 411 g/mol. The van der Waals surface area contributed by atoms with E-state index in [9.17, 15) is 13.2 Å². The van der Waals surface area contributed by atoms with Gasteiger partial charge in [0.15, 0.2) is 0 Å². The molecule has 1 heterocycles. The minimum Gasteiger partial charge on any atom is -0.497 e. The van der Waals surface area contributed by atoms with Gasteiger partial charge in [0.05, 0.1) is 24.6 Å². The van der Waals surface area contributed by atoms with Crippen LogP contribution in [0.1, 0.15) is 16.7 Å². The molecule has 4 nitrogen and oxygen atoms in total. The smallest absolute Gasteiger partial charge is 0.416 e. The van der Waals surface area contributed by atoms with Crippen LogP contribution in [0.5, 0.6) is 5.75 Å². The normalized spacial score (nSPS) is 11.7. The van der Waals surface area contributed by atoms with Crippen molar-refractivity contribution in [2.24, 2.45) is 0 Å². The van der Waals surface area contributed by atoms with Crippen molar-refractivity contribution in [2.75, 3.05) is 7.11 Å². The Labute approximate surface area is 171 Å². The molecule has 0 atom stereocenters. The molecule has 154 valence electrons. The lowest BCUT2D eigenvalue weighted by Crippen LogP contribution is -2.13. The number of fused-ring (bicyclic) bond motifs is 1. The number of hydrogen-bond donors (Lipinski definition) is 2. The molecule has 0 aliphatic rings. The predicted molar refractivity (Wildman–Crippen MR) is 110 cm³/mol.